The Labute approximate surface area is 167 Å². The van der Waals surface area contributed by atoms with E-state index in [-0.39, 0.29) is 28.8 Å². The summed E-state index contributed by atoms with van der Waals surface area (Å²) in [4.78, 5) is 28.6. The fourth-order valence-electron chi connectivity index (χ4n) is 3.39. The molecule has 8 nitrogen and oxygen atoms in total. The van der Waals surface area contributed by atoms with Gasteiger partial charge in [-0.2, -0.15) is 0 Å². The number of nitrogens with one attached hydrogen (secondary N) is 1. The molecule has 3 N–H and O–H groups in total. The minimum absolute atomic E-state index is 0.0344. The molecule has 1 fully saturated rings. The number of rotatable bonds is 6. The van der Waals surface area contributed by atoms with Gasteiger partial charge in [0.2, 0.25) is 15.9 Å². The molecule has 1 aliphatic heterocycles. The first kappa shape index (κ1) is 22.2. The predicted octanol–water partition coefficient (Wildman–Crippen LogP) is 1.69. The Bertz CT molecular complexity index is 783. The molecule has 1 heterocycles. The molecular weight excluding hydrogens is 380 g/mol. The van der Waals surface area contributed by atoms with E-state index in [4.69, 9.17) is 5.14 Å². The summed E-state index contributed by atoms with van der Waals surface area (Å²) in [6.45, 7) is 8.27. The van der Waals surface area contributed by atoms with Gasteiger partial charge in [-0.3, -0.25) is 4.79 Å². The molecule has 9 heteroatoms. The normalized spacial score (nSPS) is 16.5. The molecule has 3 amide bonds. The molecule has 1 saturated heterocycles. The number of sulfonamides is 1. The molecule has 0 aromatic heterocycles. The van der Waals surface area contributed by atoms with E-state index in [0.717, 1.165) is 5.56 Å². The van der Waals surface area contributed by atoms with Crippen LogP contribution in [0.1, 0.15) is 45.2 Å². The smallest absolute Gasteiger partial charge is 0.319 e. The zero-order valence-electron chi connectivity index (χ0n) is 16.7. The highest BCUT2D eigenvalue weighted by atomic mass is 32.2. The van der Waals surface area contributed by atoms with E-state index in [1.807, 2.05) is 25.7 Å². The number of hydrogen-bond acceptors (Lipinski definition) is 4. The van der Waals surface area contributed by atoms with Crippen molar-refractivity contribution < 1.29 is 18.0 Å². The van der Waals surface area contributed by atoms with Crippen molar-refractivity contribution in [2.45, 2.75) is 44.6 Å². The maximum atomic E-state index is 12.6. The monoisotopic (exact) mass is 410 g/mol. The van der Waals surface area contributed by atoms with Gasteiger partial charge in [0.05, 0.1) is 10.9 Å². The van der Waals surface area contributed by atoms with Gasteiger partial charge < -0.3 is 15.1 Å². The fourth-order valence-corrected chi connectivity index (χ4v) is 3.90. The second-order valence-electron chi connectivity index (χ2n) is 7.06. The van der Waals surface area contributed by atoms with Crippen molar-refractivity contribution in [3.05, 3.63) is 29.8 Å². The van der Waals surface area contributed by atoms with Gasteiger partial charge in [-0.1, -0.05) is 12.1 Å². The number of nitrogens with zero attached hydrogens (tertiary/aromatic N) is 2. The van der Waals surface area contributed by atoms with Gasteiger partial charge in [0.1, 0.15) is 0 Å². The average molecular weight is 411 g/mol. The van der Waals surface area contributed by atoms with Crippen molar-refractivity contribution in [3.63, 3.8) is 0 Å². The lowest BCUT2D eigenvalue weighted by molar-refractivity contribution is -0.127. The maximum Gasteiger partial charge on any atom is 0.319 e. The highest BCUT2D eigenvalue weighted by Gasteiger charge is 2.29. The first-order chi connectivity index (χ1) is 13.2. The van der Waals surface area contributed by atoms with E-state index >= 15 is 0 Å². The molecule has 0 bridgehead atoms. The van der Waals surface area contributed by atoms with Crippen LogP contribution in [0.2, 0.25) is 0 Å². The Hall–Kier alpha value is -2.13. The number of likely N-dealkylation sites (tertiary alicyclic amines) is 1. The molecule has 2 rings (SSSR count). The second-order valence-corrected chi connectivity index (χ2v) is 8.62. The number of urea groups is 1. The number of carbonyl (C=O) groups is 2. The van der Waals surface area contributed by atoms with Gasteiger partial charge in [0.25, 0.3) is 0 Å². The zero-order valence-corrected chi connectivity index (χ0v) is 17.5. The zero-order chi connectivity index (χ0) is 20.9. The highest BCUT2D eigenvalue weighted by molar-refractivity contribution is 7.89. The van der Waals surface area contributed by atoms with Crippen LogP contribution in [0.15, 0.2) is 29.2 Å². The summed E-state index contributed by atoms with van der Waals surface area (Å²) in [7, 11) is -3.73. The Morgan fingerprint density at radius 3 is 2.18 bits per heavy atom. The van der Waals surface area contributed by atoms with Crippen LogP contribution in [0.4, 0.5) is 4.79 Å². The number of hydrogen-bond donors (Lipinski definition) is 2. The molecule has 1 aromatic rings. The lowest BCUT2D eigenvalue weighted by atomic mass is 9.95. The SMILES string of the molecule is CCN(CC)C(=O)N1CCC(C(=O)NC(C)c2ccc(S(N)(=O)=O)cc2)CC1. The number of piperidine rings is 1. The topological polar surface area (TPSA) is 113 Å². The van der Waals surface area contributed by atoms with Crippen LogP contribution >= 0.6 is 0 Å². The first-order valence-electron chi connectivity index (χ1n) is 9.64. The molecule has 1 aromatic carbocycles. The van der Waals surface area contributed by atoms with Crippen LogP contribution in [0.5, 0.6) is 0 Å². The van der Waals surface area contributed by atoms with Crippen LogP contribution in [0, 0.1) is 5.92 Å². The van der Waals surface area contributed by atoms with Gasteiger partial charge in [-0.25, -0.2) is 18.4 Å². The molecule has 0 spiro atoms. The highest BCUT2D eigenvalue weighted by Crippen LogP contribution is 2.21. The Morgan fingerprint density at radius 2 is 1.71 bits per heavy atom. The molecule has 0 aliphatic carbocycles. The summed E-state index contributed by atoms with van der Waals surface area (Å²) in [5.41, 5.74) is 0.801. The quantitative estimate of drug-likeness (QED) is 0.743. The number of carbonyl (C=O) groups excluding carboxylic acids is 2. The predicted molar refractivity (Wildman–Crippen MR) is 107 cm³/mol. The van der Waals surface area contributed by atoms with Crippen LogP contribution in [0.3, 0.4) is 0 Å². The van der Waals surface area contributed by atoms with Crippen molar-refractivity contribution >= 4 is 22.0 Å². The van der Waals surface area contributed by atoms with Crippen molar-refractivity contribution in [3.8, 4) is 0 Å². The Balaban J connectivity index is 1.89. The Morgan fingerprint density at radius 1 is 1.18 bits per heavy atom. The van der Waals surface area contributed by atoms with E-state index in [0.29, 0.717) is 39.0 Å². The van der Waals surface area contributed by atoms with Crippen molar-refractivity contribution in [1.82, 2.24) is 15.1 Å². The summed E-state index contributed by atoms with van der Waals surface area (Å²) in [6, 6.07) is 5.95. The Kier molecular flexibility index (Phi) is 7.42. The average Bonchev–Trinajstić information content (AvgIpc) is 2.68. The summed E-state index contributed by atoms with van der Waals surface area (Å²) < 4.78 is 22.7. The van der Waals surface area contributed by atoms with E-state index in [9.17, 15) is 18.0 Å². The molecule has 1 unspecified atom stereocenters. The summed E-state index contributed by atoms with van der Waals surface area (Å²) >= 11 is 0. The van der Waals surface area contributed by atoms with E-state index < -0.39 is 10.0 Å². The molecule has 0 radical (unpaired) electrons. The molecular formula is C19H30N4O4S. The third-order valence-corrected chi connectivity index (χ3v) is 6.17. The van der Waals surface area contributed by atoms with Crippen molar-refractivity contribution in [1.29, 1.82) is 0 Å². The van der Waals surface area contributed by atoms with Gasteiger partial charge in [0.15, 0.2) is 0 Å². The van der Waals surface area contributed by atoms with Crippen LogP contribution in [0.25, 0.3) is 0 Å². The van der Waals surface area contributed by atoms with E-state index in [2.05, 4.69) is 5.32 Å². The van der Waals surface area contributed by atoms with Gasteiger partial charge in [-0.05, 0) is 51.3 Å². The third kappa shape index (κ3) is 5.45. The maximum absolute atomic E-state index is 12.6. The van der Waals surface area contributed by atoms with Gasteiger partial charge >= 0.3 is 6.03 Å². The first-order valence-corrected chi connectivity index (χ1v) is 11.2. The number of primary sulfonamides is 1. The minimum atomic E-state index is -3.73. The van der Waals surface area contributed by atoms with E-state index in [1.54, 1.807) is 17.0 Å². The van der Waals surface area contributed by atoms with Crippen LogP contribution in [-0.2, 0) is 14.8 Å². The molecule has 0 saturated carbocycles. The lowest BCUT2D eigenvalue weighted by Crippen LogP contribution is -2.48. The molecule has 1 aliphatic rings. The number of nitrogens with two attached hydrogens (primary N) is 1. The van der Waals surface area contributed by atoms with Crippen molar-refractivity contribution in [2.75, 3.05) is 26.2 Å². The summed E-state index contributed by atoms with van der Waals surface area (Å²) in [6.07, 6.45) is 1.27. The molecule has 1 atom stereocenters. The van der Waals surface area contributed by atoms with Crippen molar-refractivity contribution in [2.24, 2.45) is 11.1 Å². The van der Waals surface area contributed by atoms with Gasteiger partial charge in [0, 0.05) is 32.1 Å². The second kappa shape index (κ2) is 9.38. The summed E-state index contributed by atoms with van der Waals surface area (Å²) in [5.74, 6) is -0.176. The lowest BCUT2D eigenvalue weighted by Gasteiger charge is -2.35. The largest absolute Gasteiger partial charge is 0.349 e. The number of benzene rings is 1. The summed E-state index contributed by atoms with van der Waals surface area (Å²) in [5, 5.41) is 8.08. The van der Waals surface area contributed by atoms with Crippen LogP contribution in [-0.4, -0.2) is 56.3 Å². The minimum Gasteiger partial charge on any atom is -0.349 e. The molecule has 156 valence electrons. The standard InChI is InChI=1S/C19H30N4O4S/c1-4-22(5-2)19(25)23-12-10-16(11-13-23)18(24)21-14(3)15-6-8-17(9-7-15)28(20,26)27/h6-9,14,16H,4-5,10-13H2,1-3H3,(H,21,24)(H2,20,26,27). The number of amides is 3. The van der Waals surface area contributed by atoms with E-state index in [1.165, 1.54) is 12.1 Å². The fraction of sp³-hybridized carbons (Fsp3) is 0.579. The van der Waals surface area contributed by atoms with Crippen LogP contribution < -0.4 is 10.5 Å². The third-order valence-electron chi connectivity index (χ3n) is 5.24. The molecule has 28 heavy (non-hydrogen) atoms. The van der Waals surface area contributed by atoms with Gasteiger partial charge in [-0.15, -0.1) is 0 Å².